The fourth-order valence-electron chi connectivity index (χ4n) is 2.55. The van der Waals surface area contributed by atoms with Gasteiger partial charge in [-0.2, -0.15) is 5.10 Å². The van der Waals surface area contributed by atoms with Crippen LogP contribution < -0.4 is 0 Å². The molecule has 1 aromatic heterocycles. The molecular weight excluding hydrogens is 300 g/mol. The number of ether oxygens (including phenoxy) is 1. The van der Waals surface area contributed by atoms with E-state index < -0.39 is 5.60 Å². The van der Waals surface area contributed by atoms with Crippen molar-refractivity contribution in [1.82, 2.24) is 9.78 Å². The standard InChI is InChI=1S/C20H24N2O2/c1-7-16-8-10-17(11-9-16)13-22-15(3)18(14(2)21-22)12-19(23)24-20(4,5)6/h1,8-11H,12-13H2,2-6H3. The van der Waals surface area contributed by atoms with Crippen molar-refractivity contribution in [3.63, 3.8) is 0 Å². The molecule has 2 aromatic rings. The molecule has 0 N–H and O–H groups in total. The second-order valence-corrected chi connectivity index (χ2v) is 6.91. The molecule has 0 amide bonds. The third-order valence-corrected chi connectivity index (χ3v) is 3.73. The lowest BCUT2D eigenvalue weighted by atomic mass is 10.1. The minimum absolute atomic E-state index is 0.230. The Hall–Kier alpha value is -2.54. The van der Waals surface area contributed by atoms with E-state index in [1.54, 1.807) is 0 Å². The largest absolute Gasteiger partial charge is 0.460 e. The van der Waals surface area contributed by atoms with Gasteiger partial charge in [0.2, 0.25) is 0 Å². The first kappa shape index (κ1) is 17.8. The second-order valence-electron chi connectivity index (χ2n) is 6.91. The average molecular weight is 324 g/mol. The summed E-state index contributed by atoms with van der Waals surface area (Å²) >= 11 is 0. The molecule has 0 saturated heterocycles. The van der Waals surface area contributed by atoms with Crippen molar-refractivity contribution < 1.29 is 9.53 Å². The molecule has 0 aliphatic heterocycles. The summed E-state index contributed by atoms with van der Waals surface area (Å²) < 4.78 is 7.33. The highest BCUT2D eigenvalue weighted by molar-refractivity contribution is 5.73. The Morgan fingerprint density at radius 1 is 1.25 bits per heavy atom. The van der Waals surface area contributed by atoms with Gasteiger partial charge in [0.15, 0.2) is 0 Å². The Morgan fingerprint density at radius 2 is 1.88 bits per heavy atom. The number of rotatable bonds is 4. The lowest BCUT2D eigenvalue weighted by Crippen LogP contribution is -2.25. The zero-order valence-electron chi connectivity index (χ0n) is 15.0. The molecule has 0 unspecified atom stereocenters. The predicted molar refractivity (Wildman–Crippen MR) is 94.7 cm³/mol. The van der Waals surface area contributed by atoms with Crippen molar-refractivity contribution in [2.24, 2.45) is 0 Å². The molecule has 0 spiro atoms. The number of terminal acetylenes is 1. The van der Waals surface area contributed by atoms with E-state index in [1.165, 1.54) is 0 Å². The number of aryl methyl sites for hydroxylation is 1. The highest BCUT2D eigenvalue weighted by Gasteiger charge is 2.20. The van der Waals surface area contributed by atoms with Crippen LogP contribution in [0.15, 0.2) is 24.3 Å². The van der Waals surface area contributed by atoms with Crippen LogP contribution in [0.1, 0.15) is 48.8 Å². The van der Waals surface area contributed by atoms with E-state index in [0.29, 0.717) is 6.54 Å². The number of carbonyl (C=O) groups excluding carboxylic acids is 1. The summed E-state index contributed by atoms with van der Waals surface area (Å²) in [6, 6.07) is 7.84. The van der Waals surface area contributed by atoms with E-state index in [9.17, 15) is 4.79 Å². The van der Waals surface area contributed by atoms with Crippen molar-refractivity contribution in [2.75, 3.05) is 0 Å². The second kappa shape index (κ2) is 6.92. The maximum atomic E-state index is 12.1. The lowest BCUT2D eigenvalue weighted by molar-refractivity contribution is -0.153. The average Bonchev–Trinajstić information content (AvgIpc) is 2.74. The summed E-state index contributed by atoms with van der Waals surface area (Å²) in [7, 11) is 0. The Kier molecular flexibility index (Phi) is 5.14. The number of nitrogens with zero attached hydrogens (tertiary/aromatic N) is 2. The lowest BCUT2D eigenvalue weighted by Gasteiger charge is -2.19. The third-order valence-electron chi connectivity index (χ3n) is 3.73. The molecule has 0 radical (unpaired) electrons. The zero-order valence-corrected chi connectivity index (χ0v) is 15.0. The maximum absolute atomic E-state index is 12.1. The quantitative estimate of drug-likeness (QED) is 0.639. The van der Waals surface area contributed by atoms with Gasteiger partial charge >= 0.3 is 5.97 Å². The number of esters is 1. The van der Waals surface area contributed by atoms with Crippen molar-refractivity contribution in [3.05, 3.63) is 52.3 Å². The Bertz CT molecular complexity index is 772. The van der Waals surface area contributed by atoms with Gasteiger partial charge in [0.05, 0.1) is 18.7 Å². The zero-order chi connectivity index (χ0) is 17.9. The summed E-state index contributed by atoms with van der Waals surface area (Å²) in [5.74, 6) is 2.38. The van der Waals surface area contributed by atoms with E-state index in [-0.39, 0.29) is 12.4 Å². The molecule has 1 aromatic carbocycles. The van der Waals surface area contributed by atoms with Crippen LogP contribution in [0.2, 0.25) is 0 Å². The smallest absolute Gasteiger partial charge is 0.310 e. The minimum atomic E-state index is -0.479. The van der Waals surface area contributed by atoms with Crippen LogP contribution >= 0.6 is 0 Å². The van der Waals surface area contributed by atoms with Crippen LogP contribution in [-0.2, 0) is 22.5 Å². The normalized spacial score (nSPS) is 11.2. The molecule has 24 heavy (non-hydrogen) atoms. The fraction of sp³-hybridized carbons (Fsp3) is 0.400. The maximum Gasteiger partial charge on any atom is 0.310 e. The Balaban J connectivity index is 2.16. The highest BCUT2D eigenvalue weighted by Crippen LogP contribution is 2.18. The fourth-order valence-corrected chi connectivity index (χ4v) is 2.55. The van der Waals surface area contributed by atoms with Gasteiger partial charge in [0.1, 0.15) is 5.60 Å². The van der Waals surface area contributed by atoms with Gasteiger partial charge in [-0.1, -0.05) is 18.1 Å². The summed E-state index contributed by atoms with van der Waals surface area (Å²) in [5.41, 5.74) is 4.27. The number of benzene rings is 1. The van der Waals surface area contributed by atoms with E-state index in [4.69, 9.17) is 11.2 Å². The van der Waals surface area contributed by atoms with E-state index in [1.807, 2.05) is 63.6 Å². The summed E-state index contributed by atoms with van der Waals surface area (Å²) in [4.78, 5) is 12.1. The summed E-state index contributed by atoms with van der Waals surface area (Å²) in [6.45, 7) is 10.2. The van der Waals surface area contributed by atoms with Crippen LogP contribution in [0, 0.1) is 26.2 Å². The third kappa shape index (κ3) is 4.48. The first-order chi connectivity index (χ1) is 11.2. The van der Waals surface area contributed by atoms with Gasteiger partial charge in [-0.05, 0) is 52.3 Å². The van der Waals surface area contributed by atoms with Crippen molar-refractivity contribution in [1.29, 1.82) is 0 Å². The minimum Gasteiger partial charge on any atom is -0.460 e. The van der Waals surface area contributed by atoms with Crippen LogP contribution in [0.5, 0.6) is 0 Å². The van der Waals surface area contributed by atoms with E-state index in [2.05, 4.69) is 11.0 Å². The molecule has 126 valence electrons. The van der Waals surface area contributed by atoms with Crippen LogP contribution in [0.25, 0.3) is 0 Å². The first-order valence-electron chi connectivity index (χ1n) is 8.00. The Morgan fingerprint density at radius 3 is 2.42 bits per heavy atom. The Labute approximate surface area is 143 Å². The molecule has 0 bridgehead atoms. The molecule has 0 atom stereocenters. The molecule has 0 fully saturated rings. The summed E-state index contributed by atoms with van der Waals surface area (Å²) in [6.07, 6.45) is 5.62. The number of aromatic nitrogens is 2. The first-order valence-corrected chi connectivity index (χ1v) is 8.00. The number of hydrogen-bond acceptors (Lipinski definition) is 3. The topological polar surface area (TPSA) is 44.1 Å². The molecule has 2 rings (SSSR count). The molecule has 1 heterocycles. The van der Waals surface area contributed by atoms with Crippen LogP contribution in [-0.4, -0.2) is 21.4 Å². The van der Waals surface area contributed by atoms with Gasteiger partial charge in [-0.15, -0.1) is 6.42 Å². The predicted octanol–water partition coefficient (Wildman–Crippen LogP) is 3.41. The highest BCUT2D eigenvalue weighted by atomic mass is 16.6. The van der Waals surface area contributed by atoms with Crippen molar-refractivity contribution >= 4 is 5.97 Å². The van der Waals surface area contributed by atoms with Gasteiger partial charge in [0.25, 0.3) is 0 Å². The van der Waals surface area contributed by atoms with E-state index >= 15 is 0 Å². The van der Waals surface area contributed by atoms with Gasteiger partial charge in [-0.25, -0.2) is 0 Å². The van der Waals surface area contributed by atoms with Gasteiger partial charge < -0.3 is 4.74 Å². The van der Waals surface area contributed by atoms with Gasteiger partial charge in [-0.3, -0.25) is 9.48 Å². The van der Waals surface area contributed by atoms with Gasteiger partial charge in [0, 0.05) is 16.8 Å². The van der Waals surface area contributed by atoms with Crippen molar-refractivity contribution in [2.45, 2.75) is 53.2 Å². The van der Waals surface area contributed by atoms with Crippen LogP contribution in [0.3, 0.4) is 0 Å². The molecule has 4 nitrogen and oxygen atoms in total. The number of carbonyl (C=O) groups is 1. The summed E-state index contributed by atoms with van der Waals surface area (Å²) in [5, 5.41) is 4.57. The molecule has 0 aliphatic carbocycles. The number of hydrogen-bond donors (Lipinski definition) is 0. The van der Waals surface area contributed by atoms with Crippen LogP contribution in [0.4, 0.5) is 0 Å². The molecule has 4 heteroatoms. The molecular formula is C20H24N2O2. The SMILES string of the molecule is C#Cc1ccc(Cn2nc(C)c(CC(=O)OC(C)(C)C)c2C)cc1. The van der Waals surface area contributed by atoms with E-state index in [0.717, 1.165) is 28.1 Å². The van der Waals surface area contributed by atoms with Crippen molar-refractivity contribution in [3.8, 4) is 12.3 Å². The monoisotopic (exact) mass is 324 g/mol. The molecule has 0 saturated carbocycles. The molecule has 0 aliphatic rings.